The first-order chi connectivity index (χ1) is 8.41. The Kier molecular flexibility index (Phi) is 3.30. The standard InChI is InChI=1S/C12H12F3NO2/c13-12(14,15)9-3-1-2-8(10(9)16)11(17)7-4-5-18-6-7/h1-3,7H,4-6,16H2. The molecule has 1 aromatic carbocycles. The molecule has 1 aliphatic rings. The summed E-state index contributed by atoms with van der Waals surface area (Å²) < 4.78 is 43.0. The van der Waals surface area contributed by atoms with Crippen LogP contribution in [0.25, 0.3) is 0 Å². The van der Waals surface area contributed by atoms with Crippen molar-refractivity contribution in [3.8, 4) is 0 Å². The molecule has 1 saturated heterocycles. The lowest BCUT2D eigenvalue weighted by molar-refractivity contribution is -0.136. The first kappa shape index (κ1) is 12.9. The van der Waals surface area contributed by atoms with Crippen molar-refractivity contribution in [3.05, 3.63) is 29.3 Å². The van der Waals surface area contributed by atoms with E-state index < -0.39 is 23.3 Å². The lowest BCUT2D eigenvalue weighted by Gasteiger charge is -2.14. The summed E-state index contributed by atoms with van der Waals surface area (Å²) in [6, 6.07) is 3.39. The summed E-state index contributed by atoms with van der Waals surface area (Å²) in [5, 5.41) is 0. The molecule has 98 valence electrons. The molecular weight excluding hydrogens is 247 g/mol. The Bertz CT molecular complexity index is 465. The monoisotopic (exact) mass is 259 g/mol. The van der Waals surface area contributed by atoms with Gasteiger partial charge >= 0.3 is 6.18 Å². The number of para-hydroxylation sites is 1. The maximum atomic E-state index is 12.7. The number of Topliss-reactive ketones (excluding diaryl/α,β-unsaturated/α-hetero) is 1. The van der Waals surface area contributed by atoms with E-state index in [1.165, 1.54) is 12.1 Å². The van der Waals surface area contributed by atoms with Gasteiger partial charge in [0, 0.05) is 18.1 Å². The van der Waals surface area contributed by atoms with Crippen LogP contribution in [-0.2, 0) is 10.9 Å². The van der Waals surface area contributed by atoms with Gasteiger partial charge in [-0.15, -0.1) is 0 Å². The molecule has 6 heteroatoms. The van der Waals surface area contributed by atoms with Crippen LogP contribution in [0.15, 0.2) is 18.2 Å². The molecule has 1 aliphatic heterocycles. The number of ketones is 1. The summed E-state index contributed by atoms with van der Waals surface area (Å²) in [7, 11) is 0. The smallest absolute Gasteiger partial charge is 0.398 e. The van der Waals surface area contributed by atoms with Crippen LogP contribution < -0.4 is 5.73 Å². The van der Waals surface area contributed by atoms with Crippen molar-refractivity contribution in [2.24, 2.45) is 5.92 Å². The van der Waals surface area contributed by atoms with Gasteiger partial charge in [-0.3, -0.25) is 4.79 Å². The summed E-state index contributed by atoms with van der Waals surface area (Å²) >= 11 is 0. The minimum absolute atomic E-state index is 0.0691. The molecular formula is C12H12F3NO2. The molecule has 0 amide bonds. The Balaban J connectivity index is 2.36. The third kappa shape index (κ3) is 2.33. The summed E-state index contributed by atoms with van der Waals surface area (Å²) in [5.41, 5.74) is 3.92. The van der Waals surface area contributed by atoms with E-state index in [4.69, 9.17) is 10.5 Å². The number of carbonyl (C=O) groups excluding carboxylic acids is 1. The van der Waals surface area contributed by atoms with Crippen molar-refractivity contribution in [2.75, 3.05) is 18.9 Å². The Morgan fingerprint density at radius 1 is 1.39 bits per heavy atom. The first-order valence-corrected chi connectivity index (χ1v) is 5.49. The van der Waals surface area contributed by atoms with Crippen molar-refractivity contribution in [2.45, 2.75) is 12.6 Å². The zero-order valence-electron chi connectivity index (χ0n) is 9.46. The van der Waals surface area contributed by atoms with Gasteiger partial charge in [-0.1, -0.05) is 6.07 Å². The lowest BCUT2D eigenvalue weighted by Crippen LogP contribution is -2.19. The predicted molar refractivity (Wildman–Crippen MR) is 59.1 cm³/mol. The molecule has 1 fully saturated rings. The van der Waals surface area contributed by atoms with Gasteiger partial charge in [0.1, 0.15) is 0 Å². The Morgan fingerprint density at radius 2 is 2.11 bits per heavy atom. The Labute approximate surface area is 102 Å². The van der Waals surface area contributed by atoms with Gasteiger partial charge < -0.3 is 10.5 Å². The molecule has 1 aromatic rings. The van der Waals surface area contributed by atoms with E-state index in [2.05, 4.69) is 0 Å². The van der Waals surface area contributed by atoms with Crippen LogP contribution in [0.3, 0.4) is 0 Å². The van der Waals surface area contributed by atoms with Crippen LogP contribution in [0, 0.1) is 5.92 Å². The quantitative estimate of drug-likeness (QED) is 0.655. The number of alkyl halides is 3. The number of hydrogen-bond donors (Lipinski definition) is 1. The third-order valence-corrected chi connectivity index (χ3v) is 2.98. The number of carbonyl (C=O) groups is 1. The van der Waals surface area contributed by atoms with Gasteiger partial charge in [-0.2, -0.15) is 13.2 Å². The highest BCUT2D eigenvalue weighted by Crippen LogP contribution is 2.36. The molecule has 0 aromatic heterocycles. The maximum absolute atomic E-state index is 12.7. The van der Waals surface area contributed by atoms with Crippen molar-refractivity contribution < 1.29 is 22.7 Å². The molecule has 0 bridgehead atoms. The molecule has 1 unspecified atom stereocenters. The third-order valence-electron chi connectivity index (χ3n) is 2.98. The largest absolute Gasteiger partial charge is 0.418 e. The second-order valence-electron chi connectivity index (χ2n) is 4.19. The number of halogens is 3. The second kappa shape index (κ2) is 4.61. The minimum Gasteiger partial charge on any atom is -0.398 e. The number of nitrogen functional groups attached to an aromatic ring is 1. The average Bonchev–Trinajstić information content (AvgIpc) is 2.80. The zero-order chi connectivity index (χ0) is 13.3. The van der Waals surface area contributed by atoms with Crippen molar-refractivity contribution in [3.63, 3.8) is 0 Å². The van der Waals surface area contributed by atoms with Gasteiger partial charge in [-0.25, -0.2) is 0 Å². The van der Waals surface area contributed by atoms with Crippen LogP contribution >= 0.6 is 0 Å². The normalized spacial score (nSPS) is 20.1. The van der Waals surface area contributed by atoms with E-state index in [-0.39, 0.29) is 18.0 Å². The average molecular weight is 259 g/mol. The predicted octanol–water partition coefficient (Wildman–Crippen LogP) is 2.51. The first-order valence-electron chi connectivity index (χ1n) is 5.49. The van der Waals surface area contributed by atoms with E-state index in [0.717, 1.165) is 6.07 Å². The highest BCUT2D eigenvalue weighted by Gasteiger charge is 2.35. The van der Waals surface area contributed by atoms with Crippen LogP contribution in [-0.4, -0.2) is 19.0 Å². The SMILES string of the molecule is Nc1c(C(=O)C2CCOC2)cccc1C(F)(F)F. The topological polar surface area (TPSA) is 52.3 Å². The summed E-state index contributed by atoms with van der Waals surface area (Å²) in [6.07, 6.45) is -4.03. The van der Waals surface area contributed by atoms with E-state index in [9.17, 15) is 18.0 Å². The molecule has 0 radical (unpaired) electrons. The fourth-order valence-corrected chi connectivity index (χ4v) is 1.99. The highest BCUT2D eigenvalue weighted by molar-refractivity contribution is 6.03. The molecule has 1 atom stereocenters. The molecule has 2 rings (SSSR count). The summed E-state index contributed by atoms with van der Waals surface area (Å²) in [5.74, 6) is -0.771. The maximum Gasteiger partial charge on any atom is 0.418 e. The van der Waals surface area contributed by atoms with Gasteiger partial charge in [-0.05, 0) is 18.6 Å². The Morgan fingerprint density at radius 3 is 2.67 bits per heavy atom. The molecule has 2 N–H and O–H groups in total. The lowest BCUT2D eigenvalue weighted by atomic mass is 9.94. The van der Waals surface area contributed by atoms with E-state index in [1.54, 1.807) is 0 Å². The molecule has 0 spiro atoms. The summed E-state index contributed by atoms with van der Waals surface area (Å²) in [6.45, 7) is 0.698. The second-order valence-corrected chi connectivity index (χ2v) is 4.19. The fraction of sp³-hybridized carbons (Fsp3) is 0.417. The molecule has 3 nitrogen and oxygen atoms in total. The van der Waals surface area contributed by atoms with Crippen LogP contribution in [0.1, 0.15) is 22.3 Å². The van der Waals surface area contributed by atoms with E-state index in [1.807, 2.05) is 0 Å². The molecule has 0 aliphatic carbocycles. The van der Waals surface area contributed by atoms with Crippen LogP contribution in [0.4, 0.5) is 18.9 Å². The van der Waals surface area contributed by atoms with Crippen LogP contribution in [0.2, 0.25) is 0 Å². The van der Waals surface area contributed by atoms with Crippen LogP contribution in [0.5, 0.6) is 0 Å². The Hall–Kier alpha value is -1.56. The van der Waals surface area contributed by atoms with Gasteiger partial charge in [0.2, 0.25) is 0 Å². The minimum atomic E-state index is -4.55. The molecule has 0 saturated carbocycles. The molecule has 1 heterocycles. The van der Waals surface area contributed by atoms with Gasteiger partial charge in [0.15, 0.2) is 5.78 Å². The van der Waals surface area contributed by atoms with Crippen molar-refractivity contribution >= 4 is 11.5 Å². The number of nitrogens with two attached hydrogens (primary N) is 1. The fourth-order valence-electron chi connectivity index (χ4n) is 1.99. The van der Waals surface area contributed by atoms with Crippen molar-refractivity contribution in [1.29, 1.82) is 0 Å². The van der Waals surface area contributed by atoms with Gasteiger partial charge in [0.05, 0.1) is 17.9 Å². The number of anilines is 1. The number of hydrogen-bond acceptors (Lipinski definition) is 3. The molecule has 18 heavy (non-hydrogen) atoms. The summed E-state index contributed by atoms with van der Waals surface area (Å²) in [4.78, 5) is 12.0. The number of rotatable bonds is 2. The highest BCUT2D eigenvalue weighted by atomic mass is 19.4. The van der Waals surface area contributed by atoms with E-state index >= 15 is 0 Å². The van der Waals surface area contributed by atoms with Gasteiger partial charge in [0.25, 0.3) is 0 Å². The van der Waals surface area contributed by atoms with Crippen molar-refractivity contribution in [1.82, 2.24) is 0 Å². The van der Waals surface area contributed by atoms with E-state index in [0.29, 0.717) is 13.0 Å². The number of benzene rings is 1. The number of ether oxygens (including phenoxy) is 1. The zero-order valence-corrected chi connectivity index (χ0v) is 9.46.